The predicted octanol–water partition coefficient (Wildman–Crippen LogP) is 1.59. The summed E-state index contributed by atoms with van der Waals surface area (Å²) in [5.74, 6) is -0.202. The fourth-order valence-electron chi connectivity index (χ4n) is 1.63. The Morgan fingerprint density at radius 3 is 2.67 bits per heavy atom. The molecule has 0 radical (unpaired) electrons. The van der Waals surface area contributed by atoms with Gasteiger partial charge in [-0.1, -0.05) is 30.3 Å². The Morgan fingerprint density at radius 1 is 1.22 bits per heavy atom. The maximum Gasteiger partial charge on any atom is 0.241 e. The van der Waals surface area contributed by atoms with E-state index in [4.69, 9.17) is 5.73 Å². The van der Waals surface area contributed by atoms with Gasteiger partial charge in [0.25, 0.3) is 0 Å². The van der Waals surface area contributed by atoms with E-state index < -0.39 is 6.04 Å². The number of carbonyl (C=O) groups is 1. The van der Waals surface area contributed by atoms with Crippen LogP contribution in [-0.4, -0.2) is 16.9 Å². The van der Waals surface area contributed by atoms with E-state index in [0.29, 0.717) is 12.1 Å². The second-order valence-electron chi connectivity index (χ2n) is 4.03. The Labute approximate surface area is 106 Å². The van der Waals surface area contributed by atoms with Gasteiger partial charge in [-0.3, -0.25) is 9.78 Å². The predicted molar refractivity (Wildman–Crippen MR) is 71.0 cm³/mol. The van der Waals surface area contributed by atoms with Crippen LogP contribution in [0.3, 0.4) is 0 Å². The zero-order valence-electron chi connectivity index (χ0n) is 9.91. The van der Waals surface area contributed by atoms with Gasteiger partial charge in [-0.15, -0.1) is 0 Å². The molecule has 4 heteroatoms. The maximum absolute atomic E-state index is 11.9. The number of carbonyl (C=O) groups excluding carboxylic acids is 1. The number of nitrogens with two attached hydrogens (primary N) is 1. The van der Waals surface area contributed by atoms with Gasteiger partial charge in [-0.05, 0) is 24.1 Å². The van der Waals surface area contributed by atoms with Crippen molar-refractivity contribution < 1.29 is 4.79 Å². The van der Waals surface area contributed by atoms with E-state index in [1.807, 2.05) is 30.3 Å². The molecular weight excluding hydrogens is 226 g/mol. The molecule has 2 aromatic rings. The number of rotatable bonds is 4. The molecule has 1 heterocycles. The van der Waals surface area contributed by atoms with E-state index in [9.17, 15) is 4.79 Å². The van der Waals surface area contributed by atoms with Crippen LogP contribution in [0.4, 0.5) is 5.69 Å². The van der Waals surface area contributed by atoms with Crippen molar-refractivity contribution in [3.05, 3.63) is 60.4 Å². The van der Waals surface area contributed by atoms with Crippen LogP contribution in [0.15, 0.2) is 54.9 Å². The summed E-state index contributed by atoms with van der Waals surface area (Å²) in [5, 5.41) is 2.74. The number of amides is 1. The van der Waals surface area contributed by atoms with E-state index in [1.165, 1.54) is 0 Å². The highest BCUT2D eigenvalue weighted by atomic mass is 16.2. The van der Waals surface area contributed by atoms with Crippen LogP contribution in [0.2, 0.25) is 0 Å². The molecule has 1 amide bonds. The molecule has 2 rings (SSSR count). The molecule has 4 nitrogen and oxygen atoms in total. The minimum absolute atomic E-state index is 0.202. The second-order valence-corrected chi connectivity index (χ2v) is 4.03. The Kier molecular flexibility index (Phi) is 4.04. The molecule has 0 spiro atoms. The van der Waals surface area contributed by atoms with Gasteiger partial charge in [0.05, 0.1) is 17.9 Å². The van der Waals surface area contributed by atoms with E-state index in [1.54, 1.807) is 24.5 Å². The molecule has 0 unspecified atom stereocenters. The lowest BCUT2D eigenvalue weighted by Gasteiger charge is -2.12. The first-order valence-corrected chi connectivity index (χ1v) is 5.76. The van der Waals surface area contributed by atoms with Gasteiger partial charge in [-0.2, -0.15) is 0 Å². The summed E-state index contributed by atoms with van der Waals surface area (Å²) >= 11 is 0. The van der Waals surface area contributed by atoms with Crippen molar-refractivity contribution in [1.29, 1.82) is 0 Å². The number of anilines is 1. The lowest BCUT2D eigenvalue weighted by molar-refractivity contribution is -0.117. The molecular formula is C14H15N3O. The Balaban J connectivity index is 1.93. The third kappa shape index (κ3) is 3.40. The first-order valence-electron chi connectivity index (χ1n) is 5.76. The summed E-state index contributed by atoms with van der Waals surface area (Å²) < 4.78 is 0. The number of hydrogen-bond donors (Lipinski definition) is 2. The highest BCUT2D eigenvalue weighted by Gasteiger charge is 2.13. The minimum Gasteiger partial charge on any atom is -0.323 e. The number of nitrogens with zero attached hydrogens (tertiary/aromatic N) is 1. The number of aromatic nitrogens is 1. The Bertz CT molecular complexity index is 499. The third-order valence-corrected chi connectivity index (χ3v) is 2.56. The van der Waals surface area contributed by atoms with Crippen molar-refractivity contribution in [3.63, 3.8) is 0 Å². The number of benzene rings is 1. The van der Waals surface area contributed by atoms with Gasteiger partial charge in [0, 0.05) is 6.20 Å². The van der Waals surface area contributed by atoms with Crippen molar-refractivity contribution in [1.82, 2.24) is 4.98 Å². The number of hydrogen-bond acceptors (Lipinski definition) is 3. The van der Waals surface area contributed by atoms with Crippen molar-refractivity contribution >= 4 is 11.6 Å². The van der Waals surface area contributed by atoms with Crippen LogP contribution in [0, 0.1) is 0 Å². The zero-order valence-corrected chi connectivity index (χ0v) is 9.91. The smallest absolute Gasteiger partial charge is 0.241 e. The Hall–Kier alpha value is -2.20. The van der Waals surface area contributed by atoms with Gasteiger partial charge < -0.3 is 11.1 Å². The average Bonchev–Trinajstić information content (AvgIpc) is 2.41. The molecule has 0 fully saturated rings. The highest BCUT2D eigenvalue weighted by Crippen LogP contribution is 2.06. The molecule has 0 saturated carbocycles. The SMILES string of the molecule is N[C@@H](Cc1ccccc1)C(=O)Nc1cccnc1. The van der Waals surface area contributed by atoms with Crippen molar-refractivity contribution in [2.75, 3.05) is 5.32 Å². The number of nitrogens with one attached hydrogen (secondary N) is 1. The summed E-state index contributed by atoms with van der Waals surface area (Å²) in [7, 11) is 0. The first kappa shape index (κ1) is 12.3. The standard InChI is InChI=1S/C14H15N3O/c15-13(9-11-5-2-1-3-6-11)14(18)17-12-7-4-8-16-10-12/h1-8,10,13H,9,15H2,(H,17,18)/t13-/m0/s1. The lowest BCUT2D eigenvalue weighted by Crippen LogP contribution is -2.37. The summed E-state index contributed by atoms with van der Waals surface area (Å²) in [6, 6.07) is 12.7. The molecule has 0 aliphatic carbocycles. The summed E-state index contributed by atoms with van der Waals surface area (Å²) in [6.45, 7) is 0. The topological polar surface area (TPSA) is 68.0 Å². The molecule has 18 heavy (non-hydrogen) atoms. The van der Waals surface area contributed by atoms with E-state index >= 15 is 0 Å². The Morgan fingerprint density at radius 2 is 2.00 bits per heavy atom. The molecule has 1 aromatic heterocycles. The van der Waals surface area contributed by atoms with Crippen molar-refractivity contribution in [2.45, 2.75) is 12.5 Å². The summed E-state index contributed by atoms with van der Waals surface area (Å²) in [6.07, 6.45) is 3.76. The molecule has 1 atom stereocenters. The van der Waals surface area contributed by atoms with Gasteiger partial charge in [-0.25, -0.2) is 0 Å². The summed E-state index contributed by atoms with van der Waals surface area (Å²) in [5.41, 5.74) is 7.57. The first-order chi connectivity index (χ1) is 8.75. The monoisotopic (exact) mass is 241 g/mol. The van der Waals surface area contributed by atoms with Crippen LogP contribution in [0.5, 0.6) is 0 Å². The van der Waals surface area contributed by atoms with Crippen LogP contribution >= 0.6 is 0 Å². The normalized spacial score (nSPS) is 11.8. The third-order valence-electron chi connectivity index (χ3n) is 2.56. The second kappa shape index (κ2) is 5.93. The maximum atomic E-state index is 11.9. The van der Waals surface area contributed by atoms with Gasteiger partial charge in [0.15, 0.2) is 0 Å². The minimum atomic E-state index is -0.562. The largest absolute Gasteiger partial charge is 0.323 e. The van der Waals surface area contributed by atoms with Gasteiger partial charge in [0.2, 0.25) is 5.91 Å². The molecule has 3 N–H and O–H groups in total. The molecule has 1 aromatic carbocycles. The van der Waals surface area contributed by atoms with Crippen LogP contribution in [0.25, 0.3) is 0 Å². The summed E-state index contributed by atoms with van der Waals surface area (Å²) in [4.78, 5) is 15.8. The van der Waals surface area contributed by atoms with Crippen LogP contribution < -0.4 is 11.1 Å². The van der Waals surface area contributed by atoms with Crippen molar-refractivity contribution in [3.8, 4) is 0 Å². The molecule has 0 aliphatic rings. The fourth-order valence-corrected chi connectivity index (χ4v) is 1.63. The zero-order chi connectivity index (χ0) is 12.8. The number of pyridine rings is 1. The fraction of sp³-hybridized carbons (Fsp3) is 0.143. The lowest BCUT2D eigenvalue weighted by atomic mass is 10.1. The molecule has 0 aliphatic heterocycles. The molecule has 0 saturated heterocycles. The average molecular weight is 241 g/mol. The highest BCUT2D eigenvalue weighted by molar-refractivity contribution is 5.94. The van der Waals surface area contributed by atoms with E-state index in [-0.39, 0.29) is 5.91 Å². The van der Waals surface area contributed by atoms with E-state index in [2.05, 4.69) is 10.3 Å². The molecule has 92 valence electrons. The van der Waals surface area contributed by atoms with Gasteiger partial charge in [0.1, 0.15) is 0 Å². The van der Waals surface area contributed by atoms with Crippen LogP contribution in [0.1, 0.15) is 5.56 Å². The molecule has 0 bridgehead atoms. The van der Waals surface area contributed by atoms with Crippen LogP contribution in [-0.2, 0) is 11.2 Å². The quantitative estimate of drug-likeness (QED) is 0.854. The van der Waals surface area contributed by atoms with Crippen molar-refractivity contribution in [2.24, 2.45) is 5.73 Å². The van der Waals surface area contributed by atoms with Gasteiger partial charge >= 0.3 is 0 Å². The van der Waals surface area contributed by atoms with E-state index in [0.717, 1.165) is 5.56 Å².